The van der Waals surface area contributed by atoms with Crippen molar-refractivity contribution in [2.45, 2.75) is 0 Å². The Hall–Kier alpha value is -3.02. The molecule has 6 nitrogen and oxygen atoms in total. The van der Waals surface area contributed by atoms with Gasteiger partial charge >= 0.3 is 0 Å². The van der Waals surface area contributed by atoms with Gasteiger partial charge in [0.2, 0.25) is 0 Å². The van der Waals surface area contributed by atoms with E-state index in [1.807, 2.05) is 0 Å². The summed E-state index contributed by atoms with van der Waals surface area (Å²) < 4.78 is 0. The summed E-state index contributed by atoms with van der Waals surface area (Å²) in [5.41, 5.74) is 0.984. The lowest BCUT2D eigenvalue weighted by molar-refractivity contribution is 0.111. The first kappa shape index (κ1) is 13.4. The maximum atomic E-state index is 10.7. The van der Waals surface area contributed by atoms with E-state index in [0.717, 1.165) is 0 Å². The summed E-state index contributed by atoms with van der Waals surface area (Å²) in [6.07, 6.45) is 1.03. The van der Waals surface area contributed by atoms with Crippen LogP contribution in [0.15, 0.2) is 46.6 Å². The molecule has 6 heteroatoms. The zero-order valence-corrected chi connectivity index (χ0v) is 10.2. The number of hydrogen-bond acceptors (Lipinski definition) is 6. The molecule has 2 N–H and O–H groups in total. The highest BCUT2D eigenvalue weighted by Crippen LogP contribution is 2.26. The summed E-state index contributed by atoms with van der Waals surface area (Å²) in [5.74, 6) is -0.265. The van der Waals surface area contributed by atoms with Crippen LogP contribution in [-0.4, -0.2) is 22.8 Å². The minimum absolute atomic E-state index is 0.112. The predicted molar refractivity (Wildman–Crippen MR) is 71.2 cm³/mol. The first-order chi connectivity index (χ1) is 9.63. The quantitative estimate of drug-likeness (QED) is 0.658. The number of aromatic hydroxyl groups is 2. The second kappa shape index (κ2) is 5.75. The molecule has 0 unspecified atom stereocenters. The summed E-state index contributed by atoms with van der Waals surface area (Å²) >= 11 is 0. The van der Waals surface area contributed by atoms with E-state index in [9.17, 15) is 19.8 Å². The Morgan fingerprint density at radius 1 is 0.750 bits per heavy atom. The molecule has 0 spiro atoms. The van der Waals surface area contributed by atoms with Crippen molar-refractivity contribution in [3.8, 4) is 11.5 Å². The van der Waals surface area contributed by atoms with Crippen LogP contribution in [0.2, 0.25) is 0 Å². The third-order valence-electron chi connectivity index (χ3n) is 2.56. The van der Waals surface area contributed by atoms with E-state index in [2.05, 4.69) is 10.2 Å². The molecule has 0 aromatic heterocycles. The Balaban J connectivity index is 2.29. The van der Waals surface area contributed by atoms with Gasteiger partial charge in [-0.25, -0.2) is 0 Å². The fourth-order valence-corrected chi connectivity index (χ4v) is 1.51. The van der Waals surface area contributed by atoms with E-state index in [0.29, 0.717) is 23.9 Å². The van der Waals surface area contributed by atoms with Gasteiger partial charge in [-0.2, -0.15) is 10.2 Å². The number of phenolic OH excluding ortho intramolecular Hbond substituents is 2. The molecule has 0 saturated carbocycles. The van der Waals surface area contributed by atoms with Crippen LogP contribution in [-0.2, 0) is 0 Å². The molecular formula is C14H10N2O4. The van der Waals surface area contributed by atoms with E-state index < -0.39 is 0 Å². The number of nitrogens with zero attached hydrogens (tertiary/aromatic N) is 2. The second-order valence-electron chi connectivity index (χ2n) is 3.92. The maximum Gasteiger partial charge on any atom is 0.153 e. The lowest BCUT2D eigenvalue weighted by Crippen LogP contribution is -1.80. The van der Waals surface area contributed by atoms with Crippen molar-refractivity contribution in [2.75, 3.05) is 0 Å². The molecule has 20 heavy (non-hydrogen) atoms. The van der Waals surface area contributed by atoms with Gasteiger partial charge in [-0.3, -0.25) is 9.59 Å². The summed E-state index contributed by atoms with van der Waals surface area (Å²) in [6, 6.07) is 8.43. The van der Waals surface area contributed by atoms with Crippen LogP contribution in [0, 0.1) is 0 Å². The first-order valence-electron chi connectivity index (χ1n) is 5.62. The van der Waals surface area contributed by atoms with Crippen LogP contribution in [0.3, 0.4) is 0 Å². The summed E-state index contributed by atoms with van der Waals surface area (Å²) in [4.78, 5) is 21.4. The molecule has 0 bridgehead atoms. The van der Waals surface area contributed by atoms with Crippen LogP contribution >= 0.6 is 0 Å². The molecule has 0 radical (unpaired) electrons. The van der Waals surface area contributed by atoms with Gasteiger partial charge in [0.15, 0.2) is 12.6 Å². The van der Waals surface area contributed by atoms with Gasteiger partial charge in [0.1, 0.15) is 11.5 Å². The van der Waals surface area contributed by atoms with Gasteiger partial charge in [0.25, 0.3) is 0 Å². The summed E-state index contributed by atoms with van der Waals surface area (Å²) in [7, 11) is 0. The Morgan fingerprint density at radius 3 is 1.50 bits per heavy atom. The average Bonchev–Trinajstić information content (AvgIpc) is 2.47. The number of benzene rings is 2. The summed E-state index contributed by atoms with van der Waals surface area (Å²) in [6.45, 7) is 0. The van der Waals surface area contributed by atoms with Crippen molar-refractivity contribution < 1.29 is 19.8 Å². The van der Waals surface area contributed by atoms with Crippen molar-refractivity contribution in [1.29, 1.82) is 0 Å². The van der Waals surface area contributed by atoms with Gasteiger partial charge in [-0.1, -0.05) is 0 Å². The number of hydrogen-bond donors (Lipinski definition) is 2. The topological polar surface area (TPSA) is 99.3 Å². The Morgan fingerprint density at radius 2 is 1.15 bits per heavy atom. The molecule has 0 aliphatic rings. The van der Waals surface area contributed by atoms with E-state index in [1.165, 1.54) is 36.4 Å². The Labute approximate surface area is 114 Å². The minimum atomic E-state index is -0.133. The fourth-order valence-electron chi connectivity index (χ4n) is 1.51. The molecule has 0 saturated heterocycles. The van der Waals surface area contributed by atoms with Crippen molar-refractivity contribution in [3.63, 3.8) is 0 Å². The lowest BCUT2D eigenvalue weighted by Gasteiger charge is -1.99. The van der Waals surface area contributed by atoms with Gasteiger partial charge in [0.05, 0.1) is 22.5 Å². The third-order valence-corrected chi connectivity index (χ3v) is 2.56. The van der Waals surface area contributed by atoms with E-state index in [-0.39, 0.29) is 22.6 Å². The molecule has 2 rings (SSSR count). The molecular weight excluding hydrogens is 260 g/mol. The van der Waals surface area contributed by atoms with E-state index in [4.69, 9.17) is 0 Å². The van der Waals surface area contributed by atoms with Crippen LogP contribution in [0.25, 0.3) is 0 Å². The van der Waals surface area contributed by atoms with Gasteiger partial charge < -0.3 is 10.2 Å². The van der Waals surface area contributed by atoms with Crippen LogP contribution in [0.5, 0.6) is 11.5 Å². The van der Waals surface area contributed by atoms with Crippen LogP contribution < -0.4 is 0 Å². The molecule has 100 valence electrons. The fraction of sp³-hybridized carbons (Fsp3) is 0. The van der Waals surface area contributed by atoms with E-state index in [1.54, 1.807) is 0 Å². The summed E-state index contributed by atoms with van der Waals surface area (Å²) in [5, 5.41) is 26.5. The highest BCUT2D eigenvalue weighted by atomic mass is 16.3. The highest BCUT2D eigenvalue weighted by molar-refractivity contribution is 5.81. The molecule has 2 aromatic rings. The number of rotatable bonds is 4. The Kier molecular flexibility index (Phi) is 3.85. The molecule has 0 amide bonds. The van der Waals surface area contributed by atoms with Crippen molar-refractivity contribution in [2.24, 2.45) is 10.2 Å². The second-order valence-corrected chi connectivity index (χ2v) is 3.92. The molecule has 2 aromatic carbocycles. The molecule has 0 aliphatic heterocycles. The number of azo groups is 1. The smallest absolute Gasteiger partial charge is 0.153 e. The maximum absolute atomic E-state index is 10.7. The van der Waals surface area contributed by atoms with Crippen LogP contribution in [0.1, 0.15) is 20.7 Å². The van der Waals surface area contributed by atoms with Crippen LogP contribution in [0.4, 0.5) is 11.4 Å². The lowest BCUT2D eigenvalue weighted by atomic mass is 10.2. The number of carbonyl (C=O) groups excluding carboxylic acids is 2. The van der Waals surface area contributed by atoms with E-state index >= 15 is 0 Å². The van der Waals surface area contributed by atoms with Crippen molar-refractivity contribution in [3.05, 3.63) is 47.5 Å². The minimum Gasteiger partial charge on any atom is -0.507 e. The first-order valence-corrected chi connectivity index (χ1v) is 5.62. The largest absolute Gasteiger partial charge is 0.507 e. The monoisotopic (exact) mass is 270 g/mol. The highest BCUT2D eigenvalue weighted by Gasteiger charge is 2.02. The molecule has 0 atom stereocenters. The number of carbonyl (C=O) groups is 2. The zero-order chi connectivity index (χ0) is 14.5. The van der Waals surface area contributed by atoms with Crippen molar-refractivity contribution >= 4 is 23.9 Å². The average molecular weight is 270 g/mol. The predicted octanol–water partition coefficient (Wildman–Crippen LogP) is 3.14. The molecule has 0 fully saturated rings. The standard InChI is InChI=1S/C14H10N2O4/c17-7-9-5-11(1-3-13(9)19)15-16-12-2-4-14(20)10(6-12)8-18/h1-8,19-20H. The van der Waals surface area contributed by atoms with Crippen molar-refractivity contribution in [1.82, 2.24) is 0 Å². The SMILES string of the molecule is O=Cc1cc(N=Nc2ccc(O)c(C=O)c2)ccc1O. The number of aldehydes is 2. The van der Waals surface area contributed by atoms with Gasteiger partial charge in [-0.05, 0) is 36.4 Å². The third kappa shape index (κ3) is 2.86. The molecule has 0 heterocycles. The van der Waals surface area contributed by atoms with Gasteiger partial charge in [0, 0.05) is 0 Å². The zero-order valence-electron chi connectivity index (χ0n) is 10.2. The molecule has 0 aliphatic carbocycles. The normalized spacial score (nSPS) is 10.6. The Bertz CT molecular complexity index is 636. The number of phenols is 2. The van der Waals surface area contributed by atoms with Gasteiger partial charge in [-0.15, -0.1) is 0 Å².